The summed E-state index contributed by atoms with van der Waals surface area (Å²) in [5, 5.41) is 0. The van der Waals surface area contributed by atoms with Crippen LogP contribution in [0.2, 0.25) is 0 Å². The van der Waals surface area contributed by atoms with Crippen molar-refractivity contribution in [3.8, 4) is 0 Å². The van der Waals surface area contributed by atoms with Crippen LogP contribution in [-0.2, 0) is 4.43 Å². The Morgan fingerprint density at radius 2 is 2.17 bits per heavy atom. The van der Waals surface area contributed by atoms with Gasteiger partial charge in [-0.2, -0.15) is 0 Å². The third kappa shape index (κ3) is 4.47. The van der Waals surface area contributed by atoms with Crippen molar-refractivity contribution in [1.82, 2.24) is 0 Å². The molecule has 0 spiro atoms. The van der Waals surface area contributed by atoms with Gasteiger partial charge >= 0.3 is 9.07 Å². The molecule has 0 saturated heterocycles. The van der Waals surface area contributed by atoms with Gasteiger partial charge < -0.3 is 4.43 Å². The first-order valence-corrected chi connectivity index (χ1v) is 3.70. The summed E-state index contributed by atoms with van der Waals surface area (Å²) in [6.45, 7) is 3.91. The predicted octanol–water partition coefficient (Wildman–Crippen LogP) is 1.18. The molecule has 0 atom stereocenters. The van der Waals surface area contributed by atoms with E-state index in [0.29, 0.717) is 0 Å². The summed E-state index contributed by atoms with van der Waals surface area (Å²) in [6, 6.07) is 0. The SMILES string of the molecule is CC(C)O[Si]Cl. The van der Waals surface area contributed by atoms with Crippen LogP contribution in [0.5, 0.6) is 0 Å². The molecular formula is C3H7ClOSi. The molecule has 0 aliphatic rings. The van der Waals surface area contributed by atoms with Gasteiger partial charge in [-0.25, -0.2) is 0 Å². The van der Waals surface area contributed by atoms with Crippen molar-refractivity contribution >= 4 is 20.2 Å². The Morgan fingerprint density at radius 1 is 1.67 bits per heavy atom. The zero-order chi connectivity index (χ0) is 4.99. The van der Waals surface area contributed by atoms with Gasteiger partial charge in [0, 0.05) is 6.10 Å². The lowest BCUT2D eigenvalue weighted by Crippen LogP contribution is -2.01. The van der Waals surface area contributed by atoms with Crippen LogP contribution >= 0.6 is 11.1 Å². The van der Waals surface area contributed by atoms with Gasteiger partial charge in [0.25, 0.3) is 0 Å². The fourth-order valence-electron chi connectivity index (χ4n) is 0.0891. The molecule has 0 aromatic heterocycles. The van der Waals surface area contributed by atoms with Crippen LogP contribution in [0.15, 0.2) is 0 Å². The van der Waals surface area contributed by atoms with Crippen molar-refractivity contribution in [2.24, 2.45) is 0 Å². The van der Waals surface area contributed by atoms with E-state index < -0.39 is 0 Å². The molecule has 0 aliphatic heterocycles. The van der Waals surface area contributed by atoms with Crippen molar-refractivity contribution in [3.05, 3.63) is 0 Å². The smallest absolute Gasteiger partial charge is 0.356 e. The van der Waals surface area contributed by atoms with Crippen LogP contribution < -0.4 is 0 Å². The zero-order valence-corrected chi connectivity index (χ0v) is 5.62. The van der Waals surface area contributed by atoms with E-state index in [1.165, 1.54) is 0 Å². The number of halogens is 1. The Labute approximate surface area is 45.3 Å². The van der Waals surface area contributed by atoms with E-state index in [1.807, 2.05) is 13.8 Å². The van der Waals surface area contributed by atoms with Crippen molar-refractivity contribution in [2.45, 2.75) is 20.0 Å². The number of hydrogen-bond acceptors (Lipinski definition) is 1. The fraction of sp³-hybridized carbons (Fsp3) is 1.00. The highest BCUT2D eigenvalue weighted by molar-refractivity contribution is 6.89. The third-order valence-electron chi connectivity index (χ3n) is 0.280. The maximum Gasteiger partial charge on any atom is 0.356 e. The minimum absolute atomic E-state index is 0.110. The van der Waals surface area contributed by atoms with E-state index in [4.69, 9.17) is 15.5 Å². The minimum Gasteiger partial charge on any atom is -0.400 e. The molecule has 3 heteroatoms. The molecular weight excluding hydrogens is 116 g/mol. The summed E-state index contributed by atoms with van der Waals surface area (Å²) >= 11 is 5.20. The number of rotatable bonds is 2. The first kappa shape index (κ1) is 6.47. The van der Waals surface area contributed by atoms with Crippen LogP contribution in [0.4, 0.5) is 0 Å². The van der Waals surface area contributed by atoms with Crippen LogP contribution in [0.25, 0.3) is 0 Å². The summed E-state index contributed by atoms with van der Waals surface area (Å²) < 4.78 is 4.83. The van der Waals surface area contributed by atoms with Gasteiger partial charge in [-0.1, -0.05) is 0 Å². The van der Waals surface area contributed by atoms with Gasteiger partial charge in [-0.3, -0.25) is 0 Å². The van der Waals surface area contributed by atoms with Gasteiger partial charge in [0.05, 0.1) is 0 Å². The highest BCUT2D eigenvalue weighted by Gasteiger charge is 1.87. The first-order chi connectivity index (χ1) is 2.77. The second kappa shape index (κ2) is 3.65. The van der Waals surface area contributed by atoms with Gasteiger partial charge in [0.1, 0.15) is 0 Å². The molecule has 0 aromatic rings. The van der Waals surface area contributed by atoms with Crippen molar-refractivity contribution < 1.29 is 4.43 Å². The average molecular weight is 123 g/mol. The van der Waals surface area contributed by atoms with E-state index in [-0.39, 0.29) is 15.2 Å². The van der Waals surface area contributed by atoms with Gasteiger partial charge in [0.2, 0.25) is 0 Å². The molecule has 0 saturated carbocycles. The summed E-state index contributed by atoms with van der Waals surface area (Å²) in [7, 11) is 0.110. The molecule has 0 fully saturated rings. The first-order valence-electron chi connectivity index (χ1n) is 1.78. The molecule has 0 rings (SSSR count). The molecule has 6 heavy (non-hydrogen) atoms. The summed E-state index contributed by atoms with van der Waals surface area (Å²) in [5.41, 5.74) is 0. The van der Waals surface area contributed by atoms with Gasteiger partial charge in [-0.05, 0) is 13.8 Å². The molecule has 0 amide bonds. The molecule has 0 bridgehead atoms. The minimum atomic E-state index is 0.110. The summed E-state index contributed by atoms with van der Waals surface area (Å²) in [5.74, 6) is 0. The largest absolute Gasteiger partial charge is 0.400 e. The van der Waals surface area contributed by atoms with Crippen LogP contribution in [0, 0.1) is 0 Å². The average Bonchev–Trinajstić information content (AvgIpc) is 1.35. The molecule has 0 aromatic carbocycles. The monoisotopic (exact) mass is 122 g/mol. The molecule has 0 N–H and O–H groups in total. The lowest BCUT2D eigenvalue weighted by molar-refractivity contribution is 0.263. The summed E-state index contributed by atoms with van der Waals surface area (Å²) in [6.07, 6.45) is 0.279. The van der Waals surface area contributed by atoms with Crippen molar-refractivity contribution in [2.75, 3.05) is 0 Å². The van der Waals surface area contributed by atoms with E-state index in [9.17, 15) is 0 Å². The number of hydrogen-bond donors (Lipinski definition) is 0. The van der Waals surface area contributed by atoms with E-state index in [1.54, 1.807) is 0 Å². The van der Waals surface area contributed by atoms with E-state index in [0.717, 1.165) is 0 Å². The van der Waals surface area contributed by atoms with E-state index in [2.05, 4.69) is 0 Å². The van der Waals surface area contributed by atoms with Crippen LogP contribution in [0.1, 0.15) is 13.8 Å². The topological polar surface area (TPSA) is 9.23 Å². The van der Waals surface area contributed by atoms with Crippen molar-refractivity contribution in [1.29, 1.82) is 0 Å². The normalized spacial score (nSPS) is 10.0. The fourth-order valence-corrected chi connectivity index (χ4v) is 0.802. The maximum atomic E-state index is 5.20. The molecule has 0 heterocycles. The molecule has 0 aliphatic carbocycles. The van der Waals surface area contributed by atoms with E-state index >= 15 is 0 Å². The Hall–Kier alpha value is 0.467. The van der Waals surface area contributed by atoms with Crippen LogP contribution in [0.3, 0.4) is 0 Å². The summed E-state index contributed by atoms with van der Waals surface area (Å²) in [4.78, 5) is 0. The lowest BCUT2D eigenvalue weighted by Gasteiger charge is -1.97. The Kier molecular flexibility index (Phi) is 3.93. The highest BCUT2D eigenvalue weighted by atomic mass is 35.6. The Morgan fingerprint density at radius 3 is 2.17 bits per heavy atom. The van der Waals surface area contributed by atoms with Gasteiger partial charge in [-0.15, -0.1) is 11.1 Å². The standard InChI is InChI=1S/C3H7ClOSi/c1-3(2)5-6-4/h3H,1-2H3. The second-order valence-electron chi connectivity index (χ2n) is 1.24. The Balaban J connectivity index is 2.63. The second-order valence-corrected chi connectivity index (χ2v) is 2.10. The molecule has 0 unspecified atom stereocenters. The molecule has 1 nitrogen and oxygen atoms in total. The Bertz CT molecular complexity index is 32.0. The molecule has 36 valence electrons. The van der Waals surface area contributed by atoms with Crippen molar-refractivity contribution in [3.63, 3.8) is 0 Å². The lowest BCUT2D eigenvalue weighted by atomic mass is 10.5. The quantitative estimate of drug-likeness (QED) is 0.395. The molecule has 2 radical (unpaired) electrons. The van der Waals surface area contributed by atoms with Gasteiger partial charge in [0.15, 0.2) is 0 Å². The highest BCUT2D eigenvalue weighted by Crippen LogP contribution is 1.84. The third-order valence-corrected chi connectivity index (χ3v) is 1.11. The maximum absolute atomic E-state index is 5.20. The van der Waals surface area contributed by atoms with Crippen LogP contribution in [-0.4, -0.2) is 15.2 Å². The zero-order valence-electron chi connectivity index (χ0n) is 3.86. The predicted molar refractivity (Wildman–Crippen MR) is 27.8 cm³/mol.